The Kier molecular flexibility index (Phi) is 5.11. The van der Waals surface area contributed by atoms with Crippen molar-refractivity contribution in [3.63, 3.8) is 0 Å². The van der Waals surface area contributed by atoms with Crippen LogP contribution in [0, 0.1) is 11.3 Å². The molecule has 2 heterocycles. The lowest BCUT2D eigenvalue weighted by Gasteiger charge is -2.15. The first-order valence-electron chi connectivity index (χ1n) is 9.28. The first kappa shape index (κ1) is 19.2. The van der Waals surface area contributed by atoms with Gasteiger partial charge in [-0.25, -0.2) is 9.97 Å². The van der Waals surface area contributed by atoms with E-state index in [0.717, 1.165) is 25.5 Å². The number of nitrogens with zero attached hydrogens (tertiary/aromatic N) is 3. The maximum absolute atomic E-state index is 13.6. The molecule has 1 aliphatic rings. The molecule has 0 saturated heterocycles. The van der Waals surface area contributed by atoms with Gasteiger partial charge in [-0.05, 0) is 50.1 Å². The Labute approximate surface area is 164 Å². The molecule has 0 aliphatic heterocycles. The number of fused-ring (bicyclic) bond motifs is 1. The number of halogens is 3. The molecule has 0 spiro atoms. The Morgan fingerprint density at radius 3 is 2.83 bits per heavy atom. The normalized spacial score (nSPS) is 14.1. The SMILES string of the molecule is N#Cc1nc(-c2ccc(OCCCNC3CC3)c(C(F)(F)F)c2)cc2[nH]cnc12. The van der Waals surface area contributed by atoms with Crippen LogP contribution < -0.4 is 10.1 Å². The number of rotatable bonds is 7. The molecule has 1 saturated carbocycles. The monoisotopic (exact) mass is 401 g/mol. The van der Waals surface area contributed by atoms with Crippen molar-refractivity contribution in [2.45, 2.75) is 31.5 Å². The van der Waals surface area contributed by atoms with Gasteiger partial charge in [0.25, 0.3) is 0 Å². The van der Waals surface area contributed by atoms with Crippen LogP contribution in [-0.2, 0) is 6.18 Å². The number of ether oxygens (including phenoxy) is 1. The van der Waals surface area contributed by atoms with Crippen LogP contribution in [0.3, 0.4) is 0 Å². The van der Waals surface area contributed by atoms with Gasteiger partial charge in [0.1, 0.15) is 17.3 Å². The molecule has 2 N–H and O–H groups in total. The number of pyridine rings is 1. The Morgan fingerprint density at radius 1 is 1.28 bits per heavy atom. The van der Waals surface area contributed by atoms with E-state index in [-0.39, 0.29) is 29.3 Å². The van der Waals surface area contributed by atoms with Crippen LogP contribution in [0.15, 0.2) is 30.6 Å². The van der Waals surface area contributed by atoms with E-state index >= 15 is 0 Å². The van der Waals surface area contributed by atoms with Gasteiger partial charge in [-0.1, -0.05) is 0 Å². The number of hydrogen-bond acceptors (Lipinski definition) is 5. The van der Waals surface area contributed by atoms with Gasteiger partial charge in [0.15, 0.2) is 5.69 Å². The van der Waals surface area contributed by atoms with E-state index in [4.69, 9.17) is 4.74 Å². The highest BCUT2D eigenvalue weighted by Crippen LogP contribution is 2.39. The topological polar surface area (TPSA) is 86.6 Å². The van der Waals surface area contributed by atoms with Crippen LogP contribution >= 0.6 is 0 Å². The minimum absolute atomic E-state index is 0.0517. The molecule has 3 aromatic rings. The zero-order chi connectivity index (χ0) is 20.4. The van der Waals surface area contributed by atoms with Gasteiger partial charge in [0, 0.05) is 11.6 Å². The molecule has 0 unspecified atom stereocenters. The van der Waals surface area contributed by atoms with Gasteiger partial charge in [0.05, 0.1) is 29.7 Å². The van der Waals surface area contributed by atoms with Gasteiger partial charge >= 0.3 is 6.18 Å². The average Bonchev–Trinajstić information content (AvgIpc) is 3.40. The van der Waals surface area contributed by atoms with Crippen molar-refractivity contribution in [1.82, 2.24) is 20.3 Å². The van der Waals surface area contributed by atoms with E-state index < -0.39 is 11.7 Å². The first-order chi connectivity index (χ1) is 14.0. The summed E-state index contributed by atoms with van der Waals surface area (Å²) in [6.07, 6.45) is -0.223. The number of nitriles is 1. The number of imidazole rings is 1. The molecule has 9 heteroatoms. The lowest BCUT2D eigenvalue weighted by Crippen LogP contribution is -2.19. The van der Waals surface area contributed by atoms with E-state index in [0.29, 0.717) is 23.5 Å². The molecule has 29 heavy (non-hydrogen) atoms. The summed E-state index contributed by atoms with van der Waals surface area (Å²) in [4.78, 5) is 11.0. The third-order valence-corrected chi connectivity index (χ3v) is 4.68. The third-order valence-electron chi connectivity index (χ3n) is 4.68. The first-order valence-corrected chi connectivity index (χ1v) is 9.28. The van der Waals surface area contributed by atoms with Gasteiger partial charge in [-0.3, -0.25) is 0 Å². The molecule has 0 bridgehead atoms. The molecule has 150 valence electrons. The number of H-pyrrole nitrogens is 1. The van der Waals surface area contributed by atoms with Crippen LogP contribution in [0.5, 0.6) is 5.75 Å². The Bertz CT molecular complexity index is 1070. The molecule has 1 aliphatic carbocycles. The quantitative estimate of drug-likeness (QED) is 0.584. The fraction of sp³-hybridized carbons (Fsp3) is 0.350. The fourth-order valence-electron chi connectivity index (χ4n) is 3.06. The second-order valence-corrected chi connectivity index (χ2v) is 6.91. The van der Waals surface area contributed by atoms with Crippen molar-refractivity contribution in [2.24, 2.45) is 0 Å². The van der Waals surface area contributed by atoms with Gasteiger partial charge in [0.2, 0.25) is 0 Å². The largest absolute Gasteiger partial charge is 0.493 e. The lowest BCUT2D eigenvalue weighted by atomic mass is 10.1. The molecule has 2 aromatic heterocycles. The van der Waals surface area contributed by atoms with Crippen molar-refractivity contribution in [1.29, 1.82) is 5.26 Å². The Balaban J connectivity index is 1.59. The number of nitrogens with one attached hydrogen (secondary N) is 2. The molecule has 0 radical (unpaired) electrons. The lowest BCUT2D eigenvalue weighted by molar-refractivity contribution is -0.138. The standard InChI is InChI=1S/C20H18F3N5O/c21-20(22,23)14-8-12(2-5-18(14)29-7-1-6-25-13-3-4-13)15-9-16-19(27-11-26-16)17(10-24)28-15/h2,5,8-9,11,13,25H,1,3-4,6-7H2,(H,26,27). The zero-order valence-corrected chi connectivity index (χ0v) is 15.4. The minimum atomic E-state index is -4.58. The number of alkyl halides is 3. The van der Waals surface area contributed by atoms with E-state index in [2.05, 4.69) is 20.3 Å². The van der Waals surface area contributed by atoms with Crippen molar-refractivity contribution >= 4 is 11.0 Å². The highest BCUT2D eigenvalue weighted by atomic mass is 19.4. The molecule has 4 rings (SSSR count). The molecule has 6 nitrogen and oxygen atoms in total. The minimum Gasteiger partial charge on any atom is -0.493 e. The number of aromatic nitrogens is 3. The second kappa shape index (κ2) is 7.72. The molecule has 0 amide bonds. The summed E-state index contributed by atoms with van der Waals surface area (Å²) < 4.78 is 46.2. The molecule has 0 atom stereocenters. The number of aromatic amines is 1. The Morgan fingerprint density at radius 2 is 2.10 bits per heavy atom. The summed E-state index contributed by atoms with van der Waals surface area (Å²) in [6.45, 7) is 0.911. The van der Waals surface area contributed by atoms with Gasteiger partial charge < -0.3 is 15.0 Å². The zero-order valence-electron chi connectivity index (χ0n) is 15.4. The van der Waals surface area contributed by atoms with Crippen molar-refractivity contribution in [3.05, 3.63) is 41.9 Å². The van der Waals surface area contributed by atoms with Crippen molar-refractivity contribution in [3.8, 4) is 23.1 Å². The van der Waals surface area contributed by atoms with Crippen molar-refractivity contribution in [2.75, 3.05) is 13.2 Å². The van der Waals surface area contributed by atoms with E-state index in [1.165, 1.54) is 18.5 Å². The summed E-state index contributed by atoms with van der Waals surface area (Å²) in [5.74, 6) is -0.212. The molecular formula is C20H18F3N5O. The van der Waals surface area contributed by atoms with Crippen LogP contribution in [0.25, 0.3) is 22.3 Å². The Hall–Kier alpha value is -3.12. The third kappa shape index (κ3) is 4.32. The summed E-state index contributed by atoms with van der Waals surface area (Å²) in [5.41, 5.74) is 0.596. The van der Waals surface area contributed by atoms with Crippen LogP contribution in [0.2, 0.25) is 0 Å². The summed E-state index contributed by atoms with van der Waals surface area (Å²) in [7, 11) is 0. The second-order valence-electron chi connectivity index (χ2n) is 6.91. The maximum Gasteiger partial charge on any atom is 0.419 e. The summed E-state index contributed by atoms with van der Waals surface area (Å²) in [5, 5.41) is 12.6. The average molecular weight is 401 g/mol. The number of benzene rings is 1. The molecule has 1 aromatic carbocycles. The number of hydrogen-bond donors (Lipinski definition) is 2. The van der Waals surface area contributed by atoms with E-state index in [9.17, 15) is 18.4 Å². The molecular weight excluding hydrogens is 383 g/mol. The van der Waals surface area contributed by atoms with Crippen LogP contribution in [0.1, 0.15) is 30.5 Å². The van der Waals surface area contributed by atoms with E-state index in [1.54, 1.807) is 6.07 Å². The maximum atomic E-state index is 13.6. The summed E-state index contributed by atoms with van der Waals surface area (Å²) >= 11 is 0. The van der Waals surface area contributed by atoms with Crippen molar-refractivity contribution < 1.29 is 17.9 Å². The predicted octanol–water partition coefficient (Wildman–Crippen LogP) is 4.04. The highest BCUT2D eigenvalue weighted by molar-refractivity contribution is 5.83. The predicted molar refractivity (Wildman–Crippen MR) is 100 cm³/mol. The smallest absolute Gasteiger partial charge is 0.419 e. The highest BCUT2D eigenvalue weighted by Gasteiger charge is 2.35. The van der Waals surface area contributed by atoms with Gasteiger partial charge in [-0.2, -0.15) is 18.4 Å². The fourth-order valence-corrected chi connectivity index (χ4v) is 3.06. The van der Waals surface area contributed by atoms with Gasteiger partial charge in [-0.15, -0.1) is 0 Å². The summed E-state index contributed by atoms with van der Waals surface area (Å²) in [6, 6.07) is 7.87. The van der Waals surface area contributed by atoms with Crippen LogP contribution in [0.4, 0.5) is 13.2 Å². The van der Waals surface area contributed by atoms with Crippen LogP contribution in [-0.4, -0.2) is 34.1 Å². The van der Waals surface area contributed by atoms with E-state index in [1.807, 2.05) is 6.07 Å². The molecule has 1 fully saturated rings.